The Morgan fingerprint density at radius 2 is 1.80 bits per heavy atom. The summed E-state index contributed by atoms with van der Waals surface area (Å²) >= 11 is 0. The Morgan fingerprint density at radius 1 is 1.08 bits per heavy atom. The van der Waals surface area contributed by atoms with Crippen LogP contribution in [0.15, 0.2) is 42.6 Å². The van der Waals surface area contributed by atoms with Crippen LogP contribution in [-0.4, -0.2) is 26.9 Å². The van der Waals surface area contributed by atoms with E-state index in [1.54, 1.807) is 24.3 Å². The van der Waals surface area contributed by atoms with E-state index in [0.717, 1.165) is 6.20 Å². The number of nitro groups is 2. The molecule has 10 heteroatoms. The van der Waals surface area contributed by atoms with Gasteiger partial charge in [0.2, 0.25) is 5.82 Å². The highest BCUT2D eigenvalue weighted by Crippen LogP contribution is 2.39. The molecule has 0 aliphatic heterocycles. The highest BCUT2D eigenvalue weighted by Gasteiger charge is 2.26. The molecule has 1 aromatic carbocycles. The second-order valence-corrected chi connectivity index (χ2v) is 5.00. The number of benzene rings is 1. The van der Waals surface area contributed by atoms with Crippen molar-refractivity contribution < 1.29 is 9.85 Å². The van der Waals surface area contributed by atoms with Gasteiger partial charge >= 0.3 is 5.69 Å². The van der Waals surface area contributed by atoms with Gasteiger partial charge in [-0.2, -0.15) is 0 Å². The van der Waals surface area contributed by atoms with Gasteiger partial charge in [-0.25, -0.2) is 9.97 Å². The van der Waals surface area contributed by atoms with Crippen molar-refractivity contribution in [3.8, 4) is 0 Å². The van der Waals surface area contributed by atoms with Gasteiger partial charge in [-0.3, -0.25) is 20.2 Å². The normalized spacial score (nSPS) is 10.4. The fourth-order valence-corrected chi connectivity index (χ4v) is 2.40. The summed E-state index contributed by atoms with van der Waals surface area (Å²) in [5.74, 6) is -0.00518. The molecule has 10 nitrogen and oxygen atoms in total. The number of para-hydroxylation sites is 1. The highest BCUT2D eigenvalue weighted by atomic mass is 16.6. The number of pyridine rings is 2. The van der Waals surface area contributed by atoms with Gasteiger partial charge in [0.05, 0.1) is 15.2 Å². The van der Waals surface area contributed by atoms with Crippen molar-refractivity contribution in [2.45, 2.75) is 0 Å². The second-order valence-electron chi connectivity index (χ2n) is 5.00. The lowest BCUT2D eigenvalue weighted by atomic mass is 10.2. The molecular formula is C15H12N6O4. The van der Waals surface area contributed by atoms with Crippen LogP contribution in [0.1, 0.15) is 0 Å². The van der Waals surface area contributed by atoms with Crippen molar-refractivity contribution >= 4 is 39.6 Å². The van der Waals surface area contributed by atoms with E-state index in [9.17, 15) is 20.2 Å². The quantitative estimate of drug-likeness (QED) is 0.533. The number of anilines is 3. The van der Waals surface area contributed by atoms with E-state index in [1.165, 1.54) is 13.1 Å². The Bertz CT molecular complexity index is 977. The summed E-state index contributed by atoms with van der Waals surface area (Å²) in [7, 11) is 1.49. The summed E-state index contributed by atoms with van der Waals surface area (Å²) < 4.78 is 0. The maximum absolute atomic E-state index is 11.6. The van der Waals surface area contributed by atoms with Crippen LogP contribution in [0.2, 0.25) is 0 Å². The van der Waals surface area contributed by atoms with E-state index >= 15 is 0 Å². The van der Waals surface area contributed by atoms with E-state index in [2.05, 4.69) is 20.6 Å². The molecule has 25 heavy (non-hydrogen) atoms. The Morgan fingerprint density at radius 3 is 2.40 bits per heavy atom. The first-order valence-corrected chi connectivity index (χ1v) is 7.13. The van der Waals surface area contributed by atoms with Crippen LogP contribution < -0.4 is 10.6 Å². The third kappa shape index (κ3) is 3.00. The minimum absolute atomic E-state index is 0.00518. The third-order valence-electron chi connectivity index (χ3n) is 3.48. The zero-order valence-corrected chi connectivity index (χ0v) is 13.0. The molecule has 3 aromatic rings. The smallest absolute Gasteiger partial charge is 0.335 e. The molecule has 0 atom stereocenters. The van der Waals surface area contributed by atoms with Crippen molar-refractivity contribution in [2.75, 3.05) is 17.7 Å². The number of fused-ring (bicyclic) bond motifs is 1. The fourth-order valence-electron chi connectivity index (χ4n) is 2.40. The number of rotatable bonds is 5. The molecule has 0 bridgehead atoms. The molecule has 0 amide bonds. The zero-order valence-electron chi connectivity index (χ0n) is 13.0. The van der Waals surface area contributed by atoms with Crippen molar-refractivity contribution in [2.24, 2.45) is 0 Å². The van der Waals surface area contributed by atoms with Crippen molar-refractivity contribution in [1.29, 1.82) is 0 Å². The summed E-state index contributed by atoms with van der Waals surface area (Å²) in [5, 5.41) is 28.4. The predicted molar refractivity (Wildman–Crippen MR) is 92.1 cm³/mol. The van der Waals surface area contributed by atoms with Crippen LogP contribution in [0.5, 0.6) is 0 Å². The Hall–Kier alpha value is -3.82. The van der Waals surface area contributed by atoms with Crippen LogP contribution in [0, 0.1) is 20.2 Å². The first kappa shape index (κ1) is 16.1. The molecule has 2 heterocycles. The minimum atomic E-state index is -0.617. The Kier molecular flexibility index (Phi) is 4.08. The molecule has 3 rings (SSSR count). The van der Waals surface area contributed by atoms with E-state index in [1.807, 2.05) is 6.07 Å². The lowest BCUT2D eigenvalue weighted by Crippen LogP contribution is -2.06. The summed E-state index contributed by atoms with van der Waals surface area (Å²) in [6, 6.07) is 10.0. The van der Waals surface area contributed by atoms with Gasteiger partial charge in [0.15, 0.2) is 5.65 Å². The van der Waals surface area contributed by atoms with Gasteiger partial charge in [-0.1, -0.05) is 18.2 Å². The second kappa shape index (κ2) is 6.35. The minimum Gasteiger partial charge on any atom is -0.382 e. The van der Waals surface area contributed by atoms with Gasteiger partial charge in [-0.15, -0.1) is 0 Å². The highest BCUT2D eigenvalue weighted by molar-refractivity contribution is 5.99. The number of aromatic nitrogens is 2. The van der Waals surface area contributed by atoms with Gasteiger partial charge in [0.25, 0.3) is 5.69 Å². The molecule has 0 radical (unpaired) electrons. The van der Waals surface area contributed by atoms with Crippen LogP contribution in [0.4, 0.5) is 28.6 Å². The van der Waals surface area contributed by atoms with E-state index < -0.39 is 9.85 Å². The Labute approximate surface area is 140 Å². The summed E-state index contributed by atoms with van der Waals surface area (Å²) in [6.07, 6.45) is 1.06. The van der Waals surface area contributed by atoms with E-state index in [4.69, 9.17) is 0 Å². The van der Waals surface area contributed by atoms with Crippen LogP contribution in [-0.2, 0) is 0 Å². The zero-order chi connectivity index (χ0) is 18.0. The van der Waals surface area contributed by atoms with Gasteiger partial charge in [0, 0.05) is 18.8 Å². The Balaban J connectivity index is 2.26. The van der Waals surface area contributed by atoms with Crippen molar-refractivity contribution in [1.82, 2.24) is 9.97 Å². The van der Waals surface area contributed by atoms with Crippen LogP contribution >= 0.6 is 0 Å². The number of hydrogen-bond donors (Lipinski definition) is 2. The van der Waals surface area contributed by atoms with Crippen molar-refractivity contribution in [3.05, 3.63) is 62.8 Å². The molecule has 126 valence electrons. The van der Waals surface area contributed by atoms with Gasteiger partial charge in [-0.05, 0) is 12.1 Å². The number of nitrogens with one attached hydrogen (secondary N) is 2. The van der Waals surface area contributed by atoms with Crippen LogP contribution in [0.3, 0.4) is 0 Å². The average molecular weight is 340 g/mol. The third-order valence-corrected chi connectivity index (χ3v) is 3.48. The molecule has 0 aliphatic rings. The fraction of sp³-hybridized carbons (Fsp3) is 0.0667. The topological polar surface area (TPSA) is 136 Å². The van der Waals surface area contributed by atoms with Gasteiger partial charge < -0.3 is 10.6 Å². The van der Waals surface area contributed by atoms with Crippen molar-refractivity contribution in [3.63, 3.8) is 0 Å². The average Bonchev–Trinajstić information content (AvgIpc) is 2.60. The van der Waals surface area contributed by atoms with Crippen LogP contribution in [0.25, 0.3) is 11.0 Å². The largest absolute Gasteiger partial charge is 0.382 e. The maximum Gasteiger partial charge on any atom is 0.335 e. The lowest BCUT2D eigenvalue weighted by Gasteiger charge is -2.11. The first-order chi connectivity index (χ1) is 12.0. The molecule has 2 N–H and O–H groups in total. The molecule has 2 aromatic heterocycles. The molecular weight excluding hydrogens is 328 g/mol. The SMILES string of the molecule is CNc1c([N+](=O)[O-])c(Nc2ccccc2)nc2ncc([N+](=O)[O-])cc12. The molecule has 0 saturated heterocycles. The number of nitrogens with zero attached hydrogens (tertiary/aromatic N) is 4. The lowest BCUT2D eigenvalue weighted by molar-refractivity contribution is -0.385. The molecule has 0 saturated carbocycles. The standard InChI is InChI=1S/C15H12N6O4/c1-16-12-11-7-10(20(22)23)8-17-14(11)19-15(13(12)21(24)25)18-9-5-3-2-4-6-9/h2-8H,1H3,(H2,16,17,18,19). The summed E-state index contributed by atoms with van der Waals surface area (Å²) in [6.45, 7) is 0. The van der Waals surface area contributed by atoms with E-state index in [0.29, 0.717) is 5.69 Å². The van der Waals surface area contributed by atoms with Gasteiger partial charge in [0.1, 0.15) is 11.9 Å². The monoisotopic (exact) mass is 340 g/mol. The molecule has 0 spiro atoms. The molecule has 0 unspecified atom stereocenters. The first-order valence-electron chi connectivity index (χ1n) is 7.13. The maximum atomic E-state index is 11.6. The van der Waals surface area contributed by atoms with E-state index in [-0.39, 0.29) is 33.9 Å². The molecule has 0 aliphatic carbocycles. The summed E-state index contributed by atoms with van der Waals surface area (Å²) in [4.78, 5) is 29.5. The molecule has 0 fully saturated rings. The predicted octanol–water partition coefficient (Wildman–Crippen LogP) is 3.23. The number of hydrogen-bond acceptors (Lipinski definition) is 8. The summed E-state index contributed by atoms with van der Waals surface area (Å²) in [5.41, 5.74) is 0.273.